The Hall–Kier alpha value is -1.31. The van der Waals surface area contributed by atoms with E-state index in [0.29, 0.717) is 5.76 Å². The van der Waals surface area contributed by atoms with E-state index in [1.54, 1.807) is 19.1 Å². The quantitative estimate of drug-likeness (QED) is 0.662. The molecule has 0 saturated heterocycles. The molecule has 0 atom stereocenters. The predicted octanol–water partition coefficient (Wildman–Crippen LogP) is 4.08. The summed E-state index contributed by atoms with van der Waals surface area (Å²) < 4.78 is 18.5. The second kappa shape index (κ2) is 5.54. The molecule has 0 radical (unpaired) electrons. The summed E-state index contributed by atoms with van der Waals surface area (Å²) >= 11 is 0. The van der Waals surface area contributed by atoms with E-state index >= 15 is 0 Å². The summed E-state index contributed by atoms with van der Waals surface area (Å²) in [7, 11) is 0. The number of hydrogen-bond acceptors (Lipinski definition) is 1. The number of hydrogen-bond donors (Lipinski definition) is 0. The number of halogens is 1. The van der Waals surface area contributed by atoms with Gasteiger partial charge in [0, 0.05) is 0 Å². The predicted molar refractivity (Wildman–Crippen MR) is 60.5 cm³/mol. The maximum Gasteiger partial charge on any atom is 0.165 e. The minimum atomic E-state index is -0.335. The molecule has 1 nitrogen and oxygen atoms in total. The van der Waals surface area contributed by atoms with Crippen LogP contribution in [0.4, 0.5) is 4.39 Å². The van der Waals surface area contributed by atoms with Gasteiger partial charge in [-0.15, -0.1) is 0 Å². The molecule has 0 aromatic heterocycles. The number of ether oxygens (including phenoxy) is 1. The first kappa shape index (κ1) is 11.8. The van der Waals surface area contributed by atoms with Gasteiger partial charge in [-0.05, 0) is 37.5 Å². The van der Waals surface area contributed by atoms with E-state index in [9.17, 15) is 4.39 Å². The van der Waals surface area contributed by atoms with E-state index < -0.39 is 0 Å². The van der Waals surface area contributed by atoms with Crippen molar-refractivity contribution in [2.24, 2.45) is 0 Å². The highest BCUT2D eigenvalue weighted by Crippen LogP contribution is 2.21. The molecule has 0 spiro atoms. The first-order valence-corrected chi connectivity index (χ1v) is 5.25. The van der Waals surface area contributed by atoms with Crippen LogP contribution in [0.3, 0.4) is 0 Å². The number of aryl methyl sites for hydroxylation is 1. The van der Waals surface area contributed by atoms with Gasteiger partial charge in [0.1, 0.15) is 0 Å². The van der Waals surface area contributed by atoms with Gasteiger partial charge in [0.15, 0.2) is 11.6 Å². The van der Waals surface area contributed by atoms with Crippen LogP contribution in [0.2, 0.25) is 0 Å². The monoisotopic (exact) mass is 208 g/mol. The lowest BCUT2D eigenvalue weighted by atomic mass is 10.1. The molecule has 0 amide bonds. The van der Waals surface area contributed by atoms with E-state index in [1.807, 2.05) is 0 Å². The molecule has 0 bridgehead atoms. The number of allylic oxidation sites excluding steroid dienone is 1. The van der Waals surface area contributed by atoms with Crippen molar-refractivity contribution in [3.05, 3.63) is 41.9 Å². The first-order chi connectivity index (χ1) is 7.13. The maximum absolute atomic E-state index is 13.3. The lowest BCUT2D eigenvalue weighted by Gasteiger charge is -2.08. The van der Waals surface area contributed by atoms with Crippen molar-refractivity contribution >= 4 is 0 Å². The average Bonchev–Trinajstić information content (AvgIpc) is 2.18. The van der Waals surface area contributed by atoms with Gasteiger partial charge in [-0.1, -0.05) is 26.0 Å². The molecule has 0 aliphatic rings. The van der Waals surface area contributed by atoms with Crippen molar-refractivity contribution in [1.82, 2.24) is 0 Å². The summed E-state index contributed by atoms with van der Waals surface area (Å²) in [6, 6.07) is 5.00. The molecule has 2 heteroatoms. The molecule has 82 valence electrons. The Kier molecular flexibility index (Phi) is 4.35. The SMILES string of the molecule is C=C(C)Oc1cc(CCCC)ccc1F. The van der Waals surface area contributed by atoms with Gasteiger partial charge in [0.2, 0.25) is 0 Å². The highest BCUT2D eigenvalue weighted by molar-refractivity contribution is 5.31. The Morgan fingerprint density at radius 3 is 2.80 bits per heavy atom. The summed E-state index contributed by atoms with van der Waals surface area (Å²) in [4.78, 5) is 0. The maximum atomic E-state index is 13.3. The van der Waals surface area contributed by atoms with Gasteiger partial charge in [0.05, 0.1) is 5.76 Å². The Morgan fingerprint density at radius 2 is 2.20 bits per heavy atom. The van der Waals surface area contributed by atoms with Crippen LogP contribution in [0.15, 0.2) is 30.5 Å². The van der Waals surface area contributed by atoms with Gasteiger partial charge in [-0.25, -0.2) is 4.39 Å². The zero-order chi connectivity index (χ0) is 11.3. The summed E-state index contributed by atoms with van der Waals surface area (Å²) in [5.41, 5.74) is 1.11. The van der Waals surface area contributed by atoms with Crippen LogP contribution in [0.1, 0.15) is 32.3 Å². The standard InChI is InChI=1S/C13H17FO/c1-4-5-6-11-7-8-12(14)13(9-11)15-10(2)3/h7-9H,2,4-6H2,1,3H3. The number of benzene rings is 1. The fourth-order valence-electron chi connectivity index (χ4n) is 1.35. The average molecular weight is 208 g/mol. The molecule has 1 aromatic rings. The highest BCUT2D eigenvalue weighted by atomic mass is 19.1. The van der Waals surface area contributed by atoms with Crippen LogP contribution >= 0.6 is 0 Å². The second-order valence-corrected chi connectivity index (χ2v) is 3.67. The van der Waals surface area contributed by atoms with Crippen LogP contribution in [0.25, 0.3) is 0 Å². The third-order valence-electron chi connectivity index (χ3n) is 2.10. The Labute approximate surface area is 90.6 Å². The van der Waals surface area contributed by atoms with Crippen molar-refractivity contribution in [2.45, 2.75) is 33.1 Å². The lowest BCUT2D eigenvalue weighted by Crippen LogP contribution is -1.94. The van der Waals surface area contributed by atoms with Gasteiger partial charge in [0.25, 0.3) is 0 Å². The third kappa shape index (κ3) is 3.74. The van der Waals surface area contributed by atoms with Crippen molar-refractivity contribution in [2.75, 3.05) is 0 Å². The molecule has 0 unspecified atom stereocenters. The first-order valence-electron chi connectivity index (χ1n) is 5.25. The summed E-state index contributed by atoms with van der Waals surface area (Å²) in [5.74, 6) is 0.441. The third-order valence-corrected chi connectivity index (χ3v) is 2.10. The molecule has 0 aliphatic carbocycles. The summed E-state index contributed by atoms with van der Waals surface area (Å²) in [5, 5.41) is 0. The van der Waals surface area contributed by atoms with Gasteiger partial charge in [-0.3, -0.25) is 0 Å². The molecule has 0 fully saturated rings. The minimum Gasteiger partial charge on any atom is -0.460 e. The van der Waals surface area contributed by atoms with Crippen LogP contribution in [-0.2, 0) is 6.42 Å². The van der Waals surface area contributed by atoms with Gasteiger partial charge < -0.3 is 4.74 Å². The smallest absolute Gasteiger partial charge is 0.165 e. The van der Waals surface area contributed by atoms with Crippen LogP contribution in [-0.4, -0.2) is 0 Å². The van der Waals surface area contributed by atoms with E-state index in [4.69, 9.17) is 4.74 Å². The van der Waals surface area contributed by atoms with E-state index in [2.05, 4.69) is 13.5 Å². The molecular formula is C13H17FO. The lowest BCUT2D eigenvalue weighted by molar-refractivity contribution is 0.400. The fourth-order valence-corrected chi connectivity index (χ4v) is 1.35. The zero-order valence-electron chi connectivity index (χ0n) is 9.35. The molecule has 0 heterocycles. The Bertz CT molecular complexity index is 344. The Balaban J connectivity index is 2.80. The molecule has 15 heavy (non-hydrogen) atoms. The van der Waals surface area contributed by atoms with Crippen molar-refractivity contribution in [1.29, 1.82) is 0 Å². The fraction of sp³-hybridized carbons (Fsp3) is 0.385. The van der Waals surface area contributed by atoms with E-state index in [1.165, 1.54) is 6.07 Å². The van der Waals surface area contributed by atoms with Crippen LogP contribution in [0, 0.1) is 5.82 Å². The van der Waals surface area contributed by atoms with Gasteiger partial charge >= 0.3 is 0 Å². The Morgan fingerprint density at radius 1 is 1.47 bits per heavy atom. The van der Waals surface area contributed by atoms with Crippen LogP contribution in [0.5, 0.6) is 5.75 Å². The molecule has 0 aliphatic heterocycles. The molecule has 0 saturated carbocycles. The topological polar surface area (TPSA) is 9.23 Å². The normalized spacial score (nSPS) is 10.1. The highest BCUT2D eigenvalue weighted by Gasteiger charge is 2.04. The molecule has 1 rings (SSSR count). The van der Waals surface area contributed by atoms with Crippen molar-refractivity contribution in [3.63, 3.8) is 0 Å². The zero-order valence-corrected chi connectivity index (χ0v) is 9.35. The summed E-state index contributed by atoms with van der Waals surface area (Å²) in [6.45, 7) is 7.43. The van der Waals surface area contributed by atoms with Crippen LogP contribution < -0.4 is 4.74 Å². The molecule has 0 N–H and O–H groups in total. The summed E-state index contributed by atoms with van der Waals surface area (Å²) in [6.07, 6.45) is 3.20. The van der Waals surface area contributed by atoms with Crippen molar-refractivity contribution in [3.8, 4) is 5.75 Å². The van der Waals surface area contributed by atoms with E-state index in [-0.39, 0.29) is 11.6 Å². The van der Waals surface area contributed by atoms with Crippen molar-refractivity contribution < 1.29 is 9.13 Å². The van der Waals surface area contributed by atoms with Gasteiger partial charge in [-0.2, -0.15) is 0 Å². The number of unbranched alkanes of at least 4 members (excludes halogenated alkanes) is 1. The largest absolute Gasteiger partial charge is 0.460 e. The minimum absolute atomic E-state index is 0.274. The second-order valence-electron chi connectivity index (χ2n) is 3.67. The van der Waals surface area contributed by atoms with E-state index in [0.717, 1.165) is 24.8 Å². The molecular weight excluding hydrogens is 191 g/mol. The molecule has 1 aromatic carbocycles. The number of rotatable bonds is 5.